The summed E-state index contributed by atoms with van der Waals surface area (Å²) in [4.78, 5) is 12.1. The van der Waals surface area contributed by atoms with E-state index in [0.717, 1.165) is 5.56 Å². The van der Waals surface area contributed by atoms with E-state index in [2.05, 4.69) is 5.32 Å². The standard InChI is InChI=1S/C15H23NO2/c1-5-15(14(17)18-4,16-12(2)3)11-13-9-7-6-8-10-13/h6-10,12,16H,5,11H2,1-4H3. The van der Waals surface area contributed by atoms with Crippen LogP contribution in [0.1, 0.15) is 32.8 Å². The lowest BCUT2D eigenvalue weighted by Crippen LogP contribution is -2.56. The molecule has 0 bridgehead atoms. The van der Waals surface area contributed by atoms with Crippen molar-refractivity contribution >= 4 is 5.97 Å². The molecule has 0 spiro atoms. The van der Waals surface area contributed by atoms with Gasteiger partial charge >= 0.3 is 5.97 Å². The highest BCUT2D eigenvalue weighted by atomic mass is 16.5. The first-order valence-electron chi connectivity index (χ1n) is 6.44. The minimum absolute atomic E-state index is 0.192. The second kappa shape index (κ2) is 6.55. The van der Waals surface area contributed by atoms with Crippen molar-refractivity contribution in [2.75, 3.05) is 7.11 Å². The summed E-state index contributed by atoms with van der Waals surface area (Å²) in [6.45, 7) is 6.09. The van der Waals surface area contributed by atoms with E-state index in [1.54, 1.807) is 0 Å². The number of methoxy groups -OCH3 is 1. The van der Waals surface area contributed by atoms with Gasteiger partial charge in [-0.25, -0.2) is 0 Å². The third kappa shape index (κ3) is 3.57. The van der Waals surface area contributed by atoms with Crippen molar-refractivity contribution in [3.05, 3.63) is 35.9 Å². The van der Waals surface area contributed by atoms with Crippen molar-refractivity contribution in [2.24, 2.45) is 0 Å². The number of esters is 1. The average molecular weight is 249 g/mol. The number of hydrogen-bond donors (Lipinski definition) is 1. The maximum Gasteiger partial charge on any atom is 0.326 e. The number of benzene rings is 1. The minimum Gasteiger partial charge on any atom is -0.468 e. The van der Waals surface area contributed by atoms with Crippen LogP contribution < -0.4 is 5.32 Å². The van der Waals surface area contributed by atoms with E-state index in [9.17, 15) is 4.79 Å². The summed E-state index contributed by atoms with van der Waals surface area (Å²) in [5, 5.41) is 3.37. The largest absolute Gasteiger partial charge is 0.468 e. The molecule has 18 heavy (non-hydrogen) atoms. The lowest BCUT2D eigenvalue weighted by atomic mass is 9.87. The smallest absolute Gasteiger partial charge is 0.326 e. The predicted octanol–water partition coefficient (Wildman–Crippen LogP) is 2.55. The fraction of sp³-hybridized carbons (Fsp3) is 0.533. The van der Waals surface area contributed by atoms with Gasteiger partial charge in [0.25, 0.3) is 0 Å². The molecule has 0 amide bonds. The van der Waals surface area contributed by atoms with Crippen molar-refractivity contribution in [3.63, 3.8) is 0 Å². The maximum atomic E-state index is 12.1. The van der Waals surface area contributed by atoms with Crippen LogP contribution in [0.3, 0.4) is 0 Å². The van der Waals surface area contributed by atoms with Gasteiger partial charge < -0.3 is 4.74 Å². The van der Waals surface area contributed by atoms with E-state index >= 15 is 0 Å². The average Bonchev–Trinajstić information content (AvgIpc) is 2.37. The van der Waals surface area contributed by atoms with Crippen LogP contribution in [0.5, 0.6) is 0 Å². The molecule has 1 atom stereocenters. The van der Waals surface area contributed by atoms with Gasteiger partial charge in [-0.05, 0) is 25.8 Å². The van der Waals surface area contributed by atoms with Gasteiger partial charge in [0.1, 0.15) is 5.54 Å². The van der Waals surface area contributed by atoms with Crippen LogP contribution in [-0.4, -0.2) is 24.7 Å². The van der Waals surface area contributed by atoms with E-state index in [0.29, 0.717) is 12.8 Å². The monoisotopic (exact) mass is 249 g/mol. The Morgan fingerprint density at radius 2 is 1.94 bits per heavy atom. The van der Waals surface area contributed by atoms with Crippen LogP contribution in [0.15, 0.2) is 30.3 Å². The summed E-state index contributed by atoms with van der Waals surface area (Å²) < 4.78 is 4.98. The number of ether oxygens (including phenoxy) is 1. The summed E-state index contributed by atoms with van der Waals surface area (Å²) in [5.41, 5.74) is 0.502. The molecule has 3 heteroatoms. The number of carbonyl (C=O) groups excluding carboxylic acids is 1. The summed E-state index contributed by atoms with van der Waals surface area (Å²) >= 11 is 0. The predicted molar refractivity (Wildman–Crippen MR) is 73.5 cm³/mol. The van der Waals surface area contributed by atoms with E-state index in [4.69, 9.17) is 4.74 Å². The van der Waals surface area contributed by atoms with Crippen LogP contribution >= 0.6 is 0 Å². The van der Waals surface area contributed by atoms with Crippen LogP contribution in [0.4, 0.5) is 0 Å². The molecule has 0 radical (unpaired) electrons. The van der Waals surface area contributed by atoms with E-state index in [1.165, 1.54) is 7.11 Å². The van der Waals surface area contributed by atoms with Gasteiger partial charge in [0.05, 0.1) is 7.11 Å². The molecule has 0 aliphatic heterocycles. The second-order valence-corrected chi connectivity index (χ2v) is 4.89. The normalized spacial score (nSPS) is 14.3. The molecule has 0 saturated heterocycles. The first-order valence-corrected chi connectivity index (χ1v) is 6.44. The molecule has 1 rings (SSSR count). The van der Waals surface area contributed by atoms with E-state index < -0.39 is 5.54 Å². The first-order chi connectivity index (χ1) is 8.54. The molecule has 1 N–H and O–H groups in total. The molecule has 1 aromatic rings. The first kappa shape index (κ1) is 14.7. The molecular formula is C15H23NO2. The van der Waals surface area contributed by atoms with Crippen molar-refractivity contribution < 1.29 is 9.53 Å². The zero-order valence-electron chi connectivity index (χ0n) is 11.7. The highest BCUT2D eigenvalue weighted by Gasteiger charge is 2.38. The summed E-state index contributed by atoms with van der Waals surface area (Å²) in [7, 11) is 1.44. The summed E-state index contributed by atoms with van der Waals surface area (Å²) in [6.07, 6.45) is 1.35. The quantitative estimate of drug-likeness (QED) is 0.787. The van der Waals surface area contributed by atoms with Crippen molar-refractivity contribution in [1.82, 2.24) is 5.32 Å². The molecule has 0 fully saturated rings. The molecule has 0 aromatic heterocycles. The highest BCUT2D eigenvalue weighted by Crippen LogP contribution is 2.20. The zero-order valence-corrected chi connectivity index (χ0v) is 11.7. The fourth-order valence-electron chi connectivity index (χ4n) is 2.25. The molecule has 0 aliphatic rings. The third-order valence-electron chi connectivity index (χ3n) is 3.09. The van der Waals surface area contributed by atoms with Crippen LogP contribution in [0, 0.1) is 0 Å². The van der Waals surface area contributed by atoms with Crippen LogP contribution in [0.25, 0.3) is 0 Å². The van der Waals surface area contributed by atoms with Crippen LogP contribution in [0.2, 0.25) is 0 Å². The number of carbonyl (C=O) groups is 1. The highest BCUT2D eigenvalue weighted by molar-refractivity contribution is 5.81. The maximum absolute atomic E-state index is 12.1. The molecule has 100 valence electrons. The van der Waals surface area contributed by atoms with Gasteiger partial charge in [0.15, 0.2) is 0 Å². The van der Waals surface area contributed by atoms with E-state index in [1.807, 2.05) is 51.1 Å². The van der Waals surface area contributed by atoms with Gasteiger partial charge in [0.2, 0.25) is 0 Å². The second-order valence-electron chi connectivity index (χ2n) is 4.89. The Kier molecular flexibility index (Phi) is 5.35. The third-order valence-corrected chi connectivity index (χ3v) is 3.09. The SMILES string of the molecule is CCC(Cc1ccccc1)(NC(C)C)C(=O)OC. The molecular weight excluding hydrogens is 226 g/mol. The van der Waals surface area contributed by atoms with Crippen molar-refractivity contribution in [2.45, 2.75) is 45.2 Å². The van der Waals surface area contributed by atoms with Gasteiger partial charge in [-0.3, -0.25) is 10.1 Å². The molecule has 0 heterocycles. The topological polar surface area (TPSA) is 38.3 Å². The van der Waals surface area contributed by atoms with Crippen molar-refractivity contribution in [1.29, 1.82) is 0 Å². The Labute approximate surface area is 110 Å². The molecule has 0 saturated carbocycles. The van der Waals surface area contributed by atoms with Gasteiger partial charge in [-0.2, -0.15) is 0 Å². The minimum atomic E-state index is -0.635. The fourth-order valence-corrected chi connectivity index (χ4v) is 2.25. The van der Waals surface area contributed by atoms with E-state index in [-0.39, 0.29) is 12.0 Å². The molecule has 3 nitrogen and oxygen atoms in total. The molecule has 0 aliphatic carbocycles. The number of nitrogens with one attached hydrogen (secondary N) is 1. The Balaban J connectivity index is 2.99. The Morgan fingerprint density at radius 3 is 2.39 bits per heavy atom. The van der Waals surface area contributed by atoms with Crippen molar-refractivity contribution in [3.8, 4) is 0 Å². The van der Waals surface area contributed by atoms with Crippen LogP contribution in [-0.2, 0) is 16.0 Å². The summed E-state index contributed by atoms with van der Waals surface area (Å²) in [5.74, 6) is -0.192. The molecule has 1 aromatic carbocycles. The number of hydrogen-bond acceptors (Lipinski definition) is 3. The lowest BCUT2D eigenvalue weighted by Gasteiger charge is -2.33. The van der Waals surface area contributed by atoms with Gasteiger partial charge in [0, 0.05) is 12.5 Å². The van der Waals surface area contributed by atoms with Gasteiger partial charge in [-0.15, -0.1) is 0 Å². The zero-order chi connectivity index (χ0) is 13.6. The Bertz CT molecular complexity index is 375. The lowest BCUT2D eigenvalue weighted by molar-refractivity contribution is -0.149. The Morgan fingerprint density at radius 1 is 1.33 bits per heavy atom. The molecule has 1 unspecified atom stereocenters. The number of rotatable bonds is 6. The Hall–Kier alpha value is -1.35. The summed E-state index contributed by atoms with van der Waals surface area (Å²) in [6, 6.07) is 10.3. The van der Waals surface area contributed by atoms with Gasteiger partial charge in [-0.1, -0.05) is 37.3 Å².